The van der Waals surface area contributed by atoms with E-state index in [0.717, 1.165) is 57.9 Å². The number of ether oxygens (including phenoxy) is 1. The number of benzene rings is 2. The average molecular weight is 941 g/mol. The maximum absolute atomic E-state index is 15.5. The van der Waals surface area contributed by atoms with Crippen LogP contribution in [0.4, 0.5) is 20.3 Å². The first-order chi connectivity index (χ1) is 33.4. The molecule has 10 heterocycles. The van der Waals surface area contributed by atoms with Crippen molar-refractivity contribution in [3.63, 3.8) is 0 Å². The van der Waals surface area contributed by atoms with Crippen LogP contribution in [-0.4, -0.2) is 126 Å². The molecule has 1 N–H and O–H groups in total. The first-order valence-electron chi connectivity index (χ1n) is 23.9. The van der Waals surface area contributed by atoms with Crippen molar-refractivity contribution < 1.29 is 42.3 Å². The Hall–Kier alpha value is -6.86. The van der Waals surface area contributed by atoms with E-state index in [9.17, 15) is 28.8 Å². The van der Waals surface area contributed by atoms with E-state index in [4.69, 9.17) is 9.84 Å². The lowest BCUT2D eigenvalue weighted by molar-refractivity contribution is -0.139. The fourth-order valence-electron chi connectivity index (χ4n) is 11.7. The molecule has 356 valence electrons. The monoisotopic (exact) mass is 940 g/mol. The third-order valence-electron chi connectivity index (χ3n) is 15.4. The maximum atomic E-state index is 15.5. The number of pyridine rings is 1. The van der Waals surface area contributed by atoms with Gasteiger partial charge in [0.2, 0.25) is 23.6 Å². The van der Waals surface area contributed by atoms with Crippen LogP contribution < -0.4 is 10.2 Å². The second kappa shape index (κ2) is 16.7. The van der Waals surface area contributed by atoms with E-state index in [0.29, 0.717) is 99.6 Å². The predicted octanol–water partition coefficient (Wildman–Crippen LogP) is 4.81. The molecule has 0 saturated carbocycles. The molecule has 6 amide bonds. The number of rotatable bonds is 8. The maximum Gasteiger partial charge on any atom is 0.264 e. The van der Waals surface area contributed by atoms with Gasteiger partial charge in [0.1, 0.15) is 12.6 Å². The molecule has 3 aromatic heterocycles. The highest BCUT2D eigenvalue weighted by Crippen LogP contribution is 2.45. The predicted molar refractivity (Wildman–Crippen MR) is 244 cm³/mol. The van der Waals surface area contributed by atoms with Gasteiger partial charge in [-0.05, 0) is 84.7 Å². The molecular formula is C50H50F2N10O7. The third kappa shape index (κ3) is 7.22. The van der Waals surface area contributed by atoms with Gasteiger partial charge in [-0.15, -0.1) is 0 Å². The summed E-state index contributed by atoms with van der Waals surface area (Å²) in [7, 11) is 0. The fraction of sp³-hybridized carbons (Fsp3) is 0.440. The van der Waals surface area contributed by atoms with Gasteiger partial charge in [-0.2, -0.15) is 5.10 Å². The minimum Gasteiger partial charge on any atom is -0.381 e. The zero-order valence-corrected chi connectivity index (χ0v) is 38.1. The number of nitrogens with one attached hydrogen (secondary N) is 1. The lowest BCUT2D eigenvalue weighted by atomic mass is 9.91. The van der Waals surface area contributed by atoms with Crippen LogP contribution >= 0.6 is 0 Å². The molecule has 1 atom stereocenters. The number of aryl methyl sites for hydroxylation is 1. The summed E-state index contributed by atoms with van der Waals surface area (Å²) in [6.07, 6.45) is 6.20. The molecule has 1 unspecified atom stereocenters. The molecule has 0 bridgehead atoms. The first kappa shape index (κ1) is 43.4. The molecule has 12 rings (SSSR count). The van der Waals surface area contributed by atoms with E-state index < -0.39 is 36.1 Å². The van der Waals surface area contributed by atoms with Crippen molar-refractivity contribution in [2.75, 3.05) is 44.3 Å². The van der Waals surface area contributed by atoms with Gasteiger partial charge in [-0.3, -0.25) is 53.5 Å². The van der Waals surface area contributed by atoms with Gasteiger partial charge in [0.15, 0.2) is 5.82 Å². The minimum atomic E-state index is -2.81. The molecule has 69 heavy (non-hydrogen) atoms. The summed E-state index contributed by atoms with van der Waals surface area (Å²) in [5.41, 5.74) is 7.52. The van der Waals surface area contributed by atoms with Crippen molar-refractivity contribution in [3.05, 3.63) is 93.6 Å². The number of aromatic nitrogens is 4. The summed E-state index contributed by atoms with van der Waals surface area (Å²) in [5.74, 6) is -1.58. The van der Waals surface area contributed by atoms with Gasteiger partial charge in [-0.1, -0.05) is 0 Å². The number of amides is 6. The van der Waals surface area contributed by atoms with E-state index in [1.54, 1.807) is 54.7 Å². The summed E-state index contributed by atoms with van der Waals surface area (Å²) >= 11 is 0. The van der Waals surface area contributed by atoms with Crippen LogP contribution in [-0.2, 0) is 62.9 Å². The van der Waals surface area contributed by atoms with Crippen LogP contribution in [0, 0.1) is 0 Å². The number of piperidine rings is 1. The Bertz CT molecular complexity index is 3000. The fourth-order valence-corrected chi connectivity index (χ4v) is 11.7. The number of hydrogen-bond acceptors (Lipinski definition) is 11. The van der Waals surface area contributed by atoms with Gasteiger partial charge < -0.3 is 24.0 Å². The molecule has 3 fully saturated rings. The van der Waals surface area contributed by atoms with E-state index in [2.05, 4.69) is 24.8 Å². The Kier molecular flexibility index (Phi) is 10.5. The van der Waals surface area contributed by atoms with Gasteiger partial charge in [0, 0.05) is 130 Å². The molecule has 5 aromatic rings. The van der Waals surface area contributed by atoms with E-state index in [1.807, 2.05) is 15.5 Å². The van der Waals surface area contributed by atoms with Crippen molar-refractivity contribution in [1.82, 2.24) is 44.2 Å². The molecule has 3 saturated heterocycles. The van der Waals surface area contributed by atoms with Crippen LogP contribution in [0.2, 0.25) is 0 Å². The topological polar surface area (TPSA) is 176 Å². The number of anilines is 2. The highest BCUT2D eigenvalue weighted by atomic mass is 19.3. The molecule has 17 nitrogen and oxygen atoms in total. The number of carbonyl (C=O) groups excluding carboxylic acids is 6. The van der Waals surface area contributed by atoms with Crippen LogP contribution in [0.25, 0.3) is 22.0 Å². The zero-order chi connectivity index (χ0) is 47.4. The van der Waals surface area contributed by atoms with E-state index in [-0.39, 0.29) is 60.0 Å². The quantitative estimate of drug-likeness (QED) is 0.212. The average Bonchev–Trinajstić information content (AvgIpc) is 4.08. The number of imide groups is 2. The van der Waals surface area contributed by atoms with E-state index >= 15 is 8.78 Å². The molecule has 19 heteroatoms. The molecule has 0 spiro atoms. The summed E-state index contributed by atoms with van der Waals surface area (Å²) < 4.78 is 40.5. The SMILES string of the molecule is CC(=O)N1CCc2c(c(N3CCCc4cc(-c5cn(CC(=O)N6CC(N7Cc8cc9c(cc8C7)C(=O)N(C7CCC(=O)NC7=O)C9=O)C6)c6ccncc56)c(C(F)F)cc43)nn2C2CCOCC2)C1. The molecular weight excluding hydrogens is 891 g/mol. The second-order valence-corrected chi connectivity index (χ2v) is 19.4. The molecule has 7 aliphatic heterocycles. The Balaban J connectivity index is 0.771. The minimum absolute atomic E-state index is 0.00498. The number of alkyl halides is 2. The largest absolute Gasteiger partial charge is 0.381 e. The van der Waals surface area contributed by atoms with Gasteiger partial charge in [0.05, 0.1) is 29.2 Å². The second-order valence-electron chi connectivity index (χ2n) is 19.4. The van der Waals surface area contributed by atoms with Gasteiger partial charge in [0.25, 0.3) is 18.2 Å². The number of carbonyl (C=O) groups is 6. The van der Waals surface area contributed by atoms with Gasteiger partial charge in [-0.25, -0.2) is 8.78 Å². The van der Waals surface area contributed by atoms with Crippen LogP contribution in [0.15, 0.2) is 48.9 Å². The van der Waals surface area contributed by atoms with Crippen LogP contribution in [0.1, 0.15) is 106 Å². The Morgan fingerprint density at radius 1 is 0.841 bits per heavy atom. The summed E-state index contributed by atoms with van der Waals surface area (Å²) in [6.45, 7) is 6.46. The summed E-state index contributed by atoms with van der Waals surface area (Å²) in [6, 6.07) is 7.93. The van der Waals surface area contributed by atoms with Crippen molar-refractivity contribution in [3.8, 4) is 11.1 Å². The Morgan fingerprint density at radius 2 is 1.58 bits per heavy atom. The number of hydrogen-bond donors (Lipinski definition) is 1. The molecule has 7 aliphatic rings. The Morgan fingerprint density at radius 3 is 2.29 bits per heavy atom. The number of halogens is 2. The highest BCUT2D eigenvalue weighted by Gasteiger charge is 2.46. The number of nitrogens with zero attached hydrogens (tertiary/aromatic N) is 9. The van der Waals surface area contributed by atoms with Gasteiger partial charge >= 0.3 is 0 Å². The van der Waals surface area contributed by atoms with Crippen molar-refractivity contribution in [2.24, 2.45) is 0 Å². The van der Waals surface area contributed by atoms with Crippen LogP contribution in [0.5, 0.6) is 0 Å². The van der Waals surface area contributed by atoms with Crippen LogP contribution in [0.3, 0.4) is 0 Å². The zero-order valence-electron chi connectivity index (χ0n) is 38.1. The summed E-state index contributed by atoms with van der Waals surface area (Å²) in [4.78, 5) is 91.0. The lowest BCUT2D eigenvalue weighted by Gasteiger charge is -2.44. The standard InChI is InChI=1S/C50H50F2N10O7/c1-27(63)56-12-7-41-39(25-56)47(55-62(41)31-8-13-69-14-9-31)60-11-2-3-28-15-33(34(46(51)52)18-43(28)60)38-24-58(40-6-10-53-19-37(38)40)26-45(65)59-22-32(23-59)57-20-29-16-35-36(17-30(29)21-57)50(68)61(49(35)67)42-4-5-44(64)54-48(42)66/h6,10,15-19,24,31-32,42,46H,2-5,7-9,11-14,20-23,25-26H2,1H3,(H,54,64,66). The Labute approximate surface area is 394 Å². The lowest BCUT2D eigenvalue weighted by Crippen LogP contribution is -2.60. The van der Waals surface area contributed by atoms with Crippen molar-refractivity contribution in [1.29, 1.82) is 0 Å². The molecule has 0 aliphatic carbocycles. The first-order valence-corrected chi connectivity index (χ1v) is 23.9. The highest BCUT2D eigenvalue weighted by molar-refractivity contribution is 6.23. The number of fused-ring (bicyclic) bond motifs is 5. The normalized spacial score (nSPS) is 21.0. The smallest absolute Gasteiger partial charge is 0.264 e. The molecule has 2 aromatic carbocycles. The van der Waals surface area contributed by atoms with Crippen molar-refractivity contribution in [2.45, 2.75) is 103 Å². The molecule has 0 radical (unpaired) electrons. The van der Waals surface area contributed by atoms with E-state index in [1.165, 1.54) is 0 Å². The summed E-state index contributed by atoms with van der Waals surface area (Å²) in [5, 5.41) is 8.12. The third-order valence-corrected chi connectivity index (χ3v) is 15.4. The number of likely N-dealkylation sites (tertiary alicyclic amines) is 1. The van der Waals surface area contributed by atoms with Crippen molar-refractivity contribution >= 4 is 57.9 Å².